The van der Waals surface area contributed by atoms with Gasteiger partial charge in [-0.25, -0.2) is 0 Å². The fourth-order valence-corrected chi connectivity index (χ4v) is 3.61. The van der Waals surface area contributed by atoms with E-state index in [1.807, 2.05) is 6.07 Å². The molecule has 0 bridgehead atoms. The maximum atomic E-state index is 12.6. The van der Waals surface area contributed by atoms with Gasteiger partial charge < -0.3 is 19.5 Å². The van der Waals surface area contributed by atoms with Gasteiger partial charge in [0.15, 0.2) is 11.5 Å². The lowest BCUT2D eigenvalue weighted by Crippen LogP contribution is -2.27. The zero-order valence-corrected chi connectivity index (χ0v) is 15.7. The lowest BCUT2D eigenvalue weighted by atomic mass is 9.94. The van der Waals surface area contributed by atoms with Crippen LogP contribution in [0.25, 0.3) is 10.9 Å². The number of nitrogens with one attached hydrogen (secondary N) is 2. The molecule has 2 heterocycles. The van der Waals surface area contributed by atoms with Gasteiger partial charge in [0.25, 0.3) is 11.5 Å². The third kappa shape index (κ3) is 3.09. The number of Topliss-reactive ketones (excluding diaryl/α,β-unsaturated/α-hetero) is 1. The Bertz CT molecular complexity index is 1160. The Labute approximate surface area is 160 Å². The molecule has 2 aromatic heterocycles. The highest BCUT2D eigenvalue weighted by molar-refractivity contribution is 6.03. The average molecular weight is 380 g/mol. The topological polar surface area (TPSA) is 101 Å². The average Bonchev–Trinajstić information content (AvgIpc) is 3.03. The van der Waals surface area contributed by atoms with Crippen LogP contribution in [0.15, 0.2) is 33.5 Å². The van der Waals surface area contributed by atoms with Crippen molar-refractivity contribution >= 4 is 22.6 Å². The molecule has 7 nitrogen and oxygen atoms in total. The molecule has 7 heteroatoms. The molecule has 0 saturated carbocycles. The molecule has 28 heavy (non-hydrogen) atoms. The van der Waals surface area contributed by atoms with Gasteiger partial charge in [-0.3, -0.25) is 14.4 Å². The number of aryl methyl sites for hydroxylation is 1. The third-order valence-corrected chi connectivity index (χ3v) is 5.08. The number of hydrogen-bond donors (Lipinski definition) is 2. The molecule has 2 N–H and O–H groups in total. The molecule has 3 aromatic rings. The van der Waals surface area contributed by atoms with Crippen molar-refractivity contribution in [3.63, 3.8) is 0 Å². The first-order chi connectivity index (χ1) is 13.5. The zero-order valence-electron chi connectivity index (χ0n) is 15.7. The van der Waals surface area contributed by atoms with E-state index in [9.17, 15) is 14.4 Å². The fraction of sp³-hybridized carbons (Fsp3) is 0.286. The molecule has 0 aliphatic heterocycles. The second-order valence-corrected chi connectivity index (χ2v) is 6.89. The second kappa shape index (κ2) is 6.99. The minimum absolute atomic E-state index is 0.0153. The van der Waals surface area contributed by atoms with Crippen LogP contribution in [-0.4, -0.2) is 23.8 Å². The summed E-state index contributed by atoms with van der Waals surface area (Å²) in [6.07, 6.45) is 1.86. The summed E-state index contributed by atoms with van der Waals surface area (Å²) in [4.78, 5) is 39.8. The van der Waals surface area contributed by atoms with Crippen LogP contribution in [0.4, 0.5) is 0 Å². The van der Waals surface area contributed by atoms with Crippen LogP contribution in [0.2, 0.25) is 0 Å². The third-order valence-electron chi connectivity index (χ3n) is 5.08. The van der Waals surface area contributed by atoms with Crippen LogP contribution < -0.4 is 15.6 Å². The van der Waals surface area contributed by atoms with Crippen molar-refractivity contribution in [1.29, 1.82) is 0 Å². The van der Waals surface area contributed by atoms with E-state index in [0.29, 0.717) is 46.6 Å². The zero-order chi connectivity index (χ0) is 19.8. The van der Waals surface area contributed by atoms with Gasteiger partial charge >= 0.3 is 0 Å². The maximum absolute atomic E-state index is 12.6. The van der Waals surface area contributed by atoms with Crippen molar-refractivity contribution in [3.8, 4) is 5.75 Å². The van der Waals surface area contributed by atoms with Gasteiger partial charge in [-0.1, -0.05) is 0 Å². The Balaban J connectivity index is 1.58. The molecule has 144 valence electrons. The molecule has 0 spiro atoms. The van der Waals surface area contributed by atoms with E-state index in [4.69, 9.17) is 9.15 Å². The molecule has 0 fully saturated rings. The number of fused-ring (bicyclic) bond motifs is 2. The number of methoxy groups -OCH3 is 1. The van der Waals surface area contributed by atoms with E-state index < -0.39 is 5.91 Å². The lowest BCUT2D eigenvalue weighted by Gasteiger charge is -2.07. The van der Waals surface area contributed by atoms with E-state index in [2.05, 4.69) is 10.3 Å². The summed E-state index contributed by atoms with van der Waals surface area (Å²) in [6.45, 7) is 1.76. The van der Waals surface area contributed by atoms with Gasteiger partial charge in [0, 0.05) is 41.4 Å². The quantitative estimate of drug-likeness (QED) is 0.725. The molecular formula is C21H20N2O5. The van der Waals surface area contributed by atoms with Crippen LogP contribution >= 0.6 is 0 Å². The molecule has 1 aliphatic carbocycles. The van der Waals surface area contributed by atoms with Crippen LogP contribution in [0.5, 0.6) is 5.75 Å². The second-order valence-electron chi connectivity index (χ2n) is 6.89. The predicted octanol–water partition coefficient (Wildman–Crippen LogP) is 2.89. The summed E-state index contributed by atoms with van der Waals surface area (Å²) in [6, 6.07) is 7.07. The van der Waals surface area contributed by atoms with Gasteiger partial charge in [-0.2, -0.15) is 0 Å². The number of pyridine rings is 1. The first-order valence-corrected chi connectivity index (χ1v) is 9.11. The van der Waals surface area contributed by atoms with Gasteiger partial charge in [-0.15, -0.1) is 0 Å². The smallest absolute Gasteiger partial charge is 0.287 e. The number of aromatic amines is 1. The molecule has 0 saturated heterocycles. The summed E-state index contributed by atoms with van der Waals surface area (Å²) < 4.78 is 10.9. The van der Waals surface area contributed by atoms with Crippen LogP contribution in [0.1, 0.15) is 50.6 Å². The monoisotopic (exact) mass is 380 g/mol. The molecule has 0 atom stereocenters. The Morgan fingerprint density at radius 1 is 1.25 bits per heavy atom. The van der Waals surface area contributed by atoms with E-state index in [0.717, 1.165) is 11.8 Å². The number of rotatable bonds is 4. The molecule has 0 radical (unpaired) electrons. The van der Waals surface area contributed by atoms with E-state index >= 15 is 0 Å². The highest BCUT2D eigenvalue weighted by atomic mass is 16.5. The minimum Gasteiger partial charge on any atom is -0.497 e. The number of ether oxygens (including phenoxy) is 1. The standard InChI is InChI=1S/C21H20N2O5/c1-11-18-16(24)4-3-5-17(18)28-19(11)21(26)22-10-13-8-12-9-14(27-2)6-7-15(12)23-20(13)25/h6-9H,3-5,10H2,1-2H3,(H,22,26)(H,23,25). The summed E-state index contributed by atoms with van der Waals surface area (Å²) in [7, 11) is 1.57. The Morgan fingerprint density at radius 3 is 2.82 bits per heavy atom. The van der Waals surface area contributed by atoms with Gasteiger partial charge in [0.05, 0.1) is 12.7 Å². The summed E-state index contributed by atoms with van der Waals surface area (Å²) in [5.41, 5.74) is 1.93. The molecule has 1 aromatic carbocycles. The minimum atomic E-state index is -0.440. The van der Waals surface area contributed by atoms with Crippen LogP contribution in [0.3, 0.4) is 0 Å². The molecular weight excluding hydrogens is 360 g/mol. The normalized spacial score (nSPS) is 13.4. The Kier molecular flexibility index (Phi) is 4.50. The van der Waals surface area contributed by atoms with Crippen LogP contribution in [0, 0.1) is 6.92 Å². The van der Waals surface area contributed by atoms with Crippen molar-refractivity contribution < 1.29 is 18.7 Å². The van der Waals surface area contributed by atoms with E-state index in [1.54, 1.807) is 32.2 Å². The fourth-order valence-electron chi connectivity index (χ4n) is 3.61. The van der Waals surface area contributed by atoms with Crippen molar-refractivity contribution in [2.45, 2.75) is 32.7 Å². The van der Waals surface area contributed by atoms with Crippen molar-refractivity contribution in [2.75, 3.05) is 7.11 Å². The molecule has 1 aliphatic rings. The van der Waals surface area contributed by atoms with Crippen LogP contribution in [-0.2, 0) is 13.0 Å². The number of carbonyl (C=O) groups is 2. The molecule has 0 unspecified atom stereocenters. The number of carbonyl (C=O) groups excluding carboxylic acids is 2. The summed E-state index contributed by atoms with van der Waals surface area (Å²) >= 11 is 0. The largest absolute Gasteiger partial charge is 0.497 e. The lowest BCUT2D eigenvalue weighted by molar-refractivity contribution is 0.0917. The SMILES string of the molecule is COc1ccc2[nH]c(=O)c(CNC(=O)c3oc4c(c3C)C(=O)CCC4)cc2c1. The number of benzene rings is 1. The Hall–Kier alpha value is -3.35. The van der Waals surface area contributed by atoms with Crippen molar-refractivity contribution in [3.05, 3.63) is 62.8 Å². The first kappa shape index (κ1) is 18.0. The Morgan fingerprint density at radius 2 is 2.07 bits per heavy atom. The number of hydrogen-bond acceptors (Lipinski definition) is 5. The number of H-pyrrole nitrogens is 1. The number of furan rings is 1. The van der Waals surface area contributed by atoms with Crippen molar-refractivity contribution in [2.24, 2.45) is 0 Å². The predicted molar refractivity (Wildman–Crippen MR) is 103 cm³/mol. The molecule has 4 rings (SSSR count). The van der Waals surface area contributed by atoms with Gasteiger partial charge in [0.2, 0.25) is 0 Å². The summed E-state index contributed by atoms with van der Waals surface area (Å²) in [5, 5.41) is 3.52. The maximum Gasteiger partial charge on any atom is 0.287 e. The van der Waals surface area contributed by atoms with E-state index in [-0.39, 0.29) is 23.6 Å². The first-order valence-electron chi connectivity index (χ1n) is 9.11. The van der Waals surface area contributed by atoms with Crippen molar-refractivity contribution in [1.82, 2.24) is 10.3 Å². The summed E-state index contributed by atoms with van der Waals surface area (Å²) in [5.74, 6) is 0.969. The number of ketones is 1. The van der Waals surface area contributed by atoms with Gasteiger partial charge in [-0.05, 0) is 37.6 Å². The molecule has 1 amide bonds. The highest BCUT2D eigenvalue weighted by Crippen LogP contribution is 2.29. The van der Waals surface area contributed by atoms with E-state index in [1.165, 1.54) is 0 Å². The van der Waals surface area contributed by atoms with Gasteiger partial charge in [0.1, 0.15) is 11.5 Å². The number of aromatic nitrogens is 1. The number of amides is 1. The highest BCUT2D eigenvalue weighted by Gasteiger charge is 2.28.